The minimum Gasteiger partial charge on any atom is -0.345 e. The molecule has 3 aromatic carbocycles. The lowest BCUT2D eigenvalue weighted by molar-refractivity contribution is -0.925. The fraction of sp³-hybridized carbons (Fsp3) is 0.179. The average Bonchev–Trinajstić information content (AvgIpc) is 3.49. The van der Waals surface area contributed by atoms with Crippen molar-refractivity contribution >= 4 is 16.9 Å². The van der Waals surface area contributed by atoms with Crippen LogP contribution in [-0.4, -0.2) is 45.9 Å². The Balaban J connectivity index is 1.18. The molecule has 0 unspecified atom stereocenters. The van der Waals surface area contributed by atoms with E-state index in [4.69, 9.17) is 0 Å². The molecule has 3 heterocycles. The Morgan fingerprint density at radius 2 is 1.38 bits per heavy atom. The molecule has 1 fully saturated rings. The lowest BCUT2D eigenvalue weighted by Gasteiger charge is -2.36. The second-order valence-corrected chi connectivity index (χ2v) is 9.08. The molecule has 0 atom stereocenters. The lowest BCUT2D eigenvalue weighted by atomic mass is 10.0. The third-order valence-electron chi connectivity index (χ3n) is 7.29. The van der Waals surface area contributed by atoms with E-state index in [1.165, 1.54) is 22.3 Å². The smallest absolute Gasteiger partial charge is 0.168 e. The van der Waals surface area contributed by atoms with Gasteiger partial charge in [-0.15, -0.1) is 0 Å². The SMILES string of the molecule is c1ccc(-n2ncc3c(N4CC[NH+](C5c6ccccc6-c6ccccc65)CC4)ncnc32)cc1. The molecule has 1 N–H and O–H groups in total. The number of fused-ring (bicyclic) bond motifs is 4. The Hall–Kier alpha value is -4.03. The van der Waals surface area contributed by atoms with E-state index in [9.17, 15) is 0 Å². The Kier molecular flexibility index (Phi) is 4.45. The Labute approximate surface area is 198 Å². The molecule has 2 aromatic heterocycles. The van der Waals surface area contributed by atoms with Gasteiger partial charge in [0, 0.05) is 11.1 Å². The summed E-state index contributed by atoms with van der Waals surface area (Å²) in [7, 11) is 0. The zero-order chi connectivity index (χ0) is 22.5. The van der Waals surface area contributed by atoms with E-state index in [-0.39, 0.29) is 0 Å². The molecule has 0 radical (unpaired) electrons. The molecule has 7 rings (SSSR count). The number of piperazine rings is 1. The van der Waals surface area contributed by atoms with E-state index in [0.717, 1.165) is 48.7 Å². The van der Waals surface area contributed by atoms with Gasteiger partial charge in [0.25, 0.3) is 0 Å². The van der Waals surface area contributed by atoms with E-state index >= 15 is 0 Å². The van der Waals surface area contributed by atoms with E-state index in [1.807, 2.05) is 41.2 Å². The van der Waals surface area contributed by atoms with Crippen LogP contribution in [0.25, 0.3) is 27.8 Å². The van der Waals surface area contributed by atoms with Crippen LogP contribution in [0.15, 0.2) is 91.4 Å². The van der Waals surface area contributed by atoms with Crippen LogP contribution < -0.4 is 9.80 Å². The maximum atomic E-state index is 4.68. The summed E-state index contributed by atoms with van der Waals surface area (Å²) in [5.41, 5.74) is 7.56. The molecule has 1 saturated heterocycles. The van der Waals surface area contributed by atoms with Crippen LogP contribution in [0.5, 0.6) is 0 Å². The molecule has 0 spiro atoms. The van der Waals surface area contributed by atoms with E-state index in [0.29, 0.717) is 6.04 Å². The maximum absolute atomic E-state index is 4.68. The fourth-order valence-corrected chi connectivity index (χ4v) is 5.73. The predicted octanol–water partition coefficient (Wildman–Crippen LogP) is 3.29. The van der Waals surface area contributed by atoms with E-state index < -0.39 is 0 Å². The standard InChI is InChI=1S/C28H24N6/c1-2-8-20(9-3-1)34-28-25(18-31-34)27(29-19-30-28)33-16-14-32(15-17-33)26-23-12-6-4-10-21(23)22-11-5-7-13-24(22)26/h1-13,18-19,26H,14-17H2/p+1. The predicted molar refractivity (Wildman–Crippen MR) is 133 cm³/mol. The Bertz CT molecular complexity index is 1440. The Morgan fingerprint density at radius 3 is 2.09 bits per heavy atom. The number of benzene rings is 3. The van der Waals surface area contributed by atoms with Crippen molar-refractivity contribution in [3.05, 3.63) is 103 Å². The number of hydrogen-bond acceptors (Lipinski definition) is 4. The maximum Gasteiger partial charge on any atom is 0.168 e. The van der Waals surface area contributed by atoms with Crippen LogP contribution in [0.2, 0.25) is 0 Å². The molecule has 6 heteroatoms. The first-order valence-corrected chi connectivity index (χ1v) is 11.9. The number of nitrogens with one attached hydrogen (secondary N) is 1. The van der Waals surface area contributed by atoms with Crippen LogP contribution in [-0.2, 0) is 0 Å². The molecule has 0 amide bonds. The largest absolute Gasteiger partial charge is 0.345 e. The monoisotopic (exact) mass is 445 g/mol. The quantitative estimate of drug-likeness (QED) is 0.463. The second kappa shape index (κ2) is 7.78. The van der Waals surface area contributed by atoms with Crippen LogP contribution in [0, 0.1) is 0 Å². The molecule has 6 nitrogen and oxygen atoms in total. The highest BCUT2D eigenvalue weighted by Gasteiger charge is 2.37. The summed E-state index contributed by atoms with van der Waals surface area (Å²) in [5, 5.41) is 5.64. The summed E-state index contributed by atoms with van der Waals surface area (Å²) in [6, 6.07) is 28.4. The number of rotatable bonds is 3. The molecule has 0 saturated carbocycles. The highest BCUT2D eigenvalue weighted by atomic mass is 15.3. The van der Waals surface area contributed by atoms with Crippen molar-refractivity contribution in [2.24, 2.45) is 0 Å². The molecular weight excluding hydrogens is 420 g/mol. The second-order valence-electron chi connectivity index (χ2n) is 9.08. The average molecular weight is 446 g/mol. The first-order chi connectivity index (χ1) is 16.9. The van der Waals surface area contributed by atoms with Crippen molar-refractivity contribution in [3.63, 3.8) is 0 Å². The molecule has 5 aromatic rings. The van der Waals surface area contributed by atoms with Gasteiger partial charge < -0.3 is 9.80 Å². The van der Waals surface area contributed by atoms with E-state index in [1.54, 1.807) is 11.2 Å². The molecule has 0 bridgehead atoms. The van der Waals surface area contributed by atoms with Gasteiger partial charge in [0.2, 0.25) is 0 Å². The van der Waals surface area contributed by atoms with Crippen molar-refractivity contribution in [2.75, 3.05) is 31.1 Å². The van der Waals surface area contributed by atoms with Gasteiger partial charge in [0.05, 0.1) is 43.4 Å². The zero-order valence-corrected chi connectivity index (χ0v) is 18.8. The third kappa shape index (κ3) is 2.96. The van der Waals surface area contributed by atoms with Crippen molar-refractivity contribution in [2.45, 2.75) is 6.04 Å². The van der Waals surface area contributed by atoms with Gasteiger partial charge in [-0.05, 0) is 23.3 Å². The number of quaternary nitrogens is 1. The summed E-state index contributed by atoms with van der Waals surface area (Å²) in [6.07, 6.45) is 3.57. The van der Waals surface area contributed by atoms with Crippen molar-refractivity contribution in [1.82, 2.24) is 19.7 Å². The molecule has 1 aliphatic heterocycles. The molecular formula is C28H25N6+. The number of hydrogen-bond donors (Lipinski definition) is 1. The minimum absolute atomic E-state index is 0.404. The first-order valence-electron chi connectivity index (χ1n) is 11.9. The van der Waals surface area contributed by atoms with Crippen molar-refractivity contribution in [1.29, 1.82) is 0 Å². The third-order valence-corrected chi connectivity index (χ3v) is 7.29. The van der Waals surface area contributed by atoms with Gasteiger partial charge in [0.1, 0.15) is 18.2 Å². The van der Waals surface area contributed by atoms with Crippen molar-refractivity contribution in [3.8, 4) is 16.8 Å². The van der Waals surface area contributed by atoms with Gasteiger partial charge in [-0.2, -0.15) is 5.10 Å². The normalized spacial score (nSPS) is 16.1. The van der Waals surface area contributed by atoms with E-state index in [2.05, 4.69) is 68.5 Å². The van der Waals surface area contributed by atoms with Gasteiger partial charge in [-0.25, -0.2) is 14.6 Å². The molecule has 34 heavy (non-hydrogen) atoms. The summed E-state index contributed by atoms with van der Waals surface area (Å²) < 4.78 is 1.90. The number of para-hydroxylation sites is 1. The number of aromatic nitrogens is 4. The molecule has 1 aliphatic carbocycles. The molecule has 2 aliphatic rings. The van der Waals surface area contributed by atoms with Gasteiger partial charge in [-0.1, -0.05) is 66.7 Å². The topological polar surface area (TPSA) is 51.3 Å². The number of anilines is 1. The zero-order valence-electron chi connectivity index (χ0n) is 18.8. The van der Waals surface area contributed by atoms with Crippen LogP contribution in [0.3, 0.4) is 0 Å². The lowest BCUT2D eigenvalue weighted by Crippen LogP contribution is -3.15. The minimum atomic E-state index is 0.404. The summed E-state index contributed by atoms with van der Waals surface area (Å²) in [6.45, 7) is 4.04. The summed E-state index contributed by atoms with van der Waals surface area (Å²) in [4.78, 5) is 13.3. The fourth-order valence-electron chi connectivity index (χ4n) is 5.73. The van der Waals surface area contributed by atoms with Gasteiger partial charge in [0.15, 0.2) is 5.65 Å². The highest BCUT2D eigenvalue weighted by Crippen LogP contribution is 2.41. The van der Waals surface area contributed by atoms with Gasteiger partial charge >= 0.3 is 0 Å². The summed E-state index contributed by atoms with van der Waals surface area (Å²) >= 11 is 0. The van der Waals surface area contributed by atoms with Crippen LogP contribution in [0.1, 0.15) is 17.2 Å². The molecule has 166 valence electrons. The van der Waals surface area contributed by atoms with Crippen molar-refractivity contribution < 1.29 is 4.90 Å². The summed E-state index contributed by atoms with van der Waals surface area (Å²) in [5.74, 6) is 0.985. The van der Waals surface area contributed by atoms with Crippen LogP contribution in [0.4, 0.5) is 5.82 Å². The highest BCUT2D eigenvalue weighted by molar-refractivity contribution is 5.87. The first kappa shape index (κ1) is 19.4. The van der Waals surface area contributed by atoms with Crippen LogP contribution >= 0.6 is 0 Å². The Morgan fingerprint density at radius 1 is 0.735 bits per heavy atom. The number of nitrogens with zero attached hydrogens (tertiary/aromatic N) is 5. The van der Waals surface area contributed by atoms with Gasteiger partial charge in [-0.3, -0.25) is 0 Å².